The molecule has 0 aliphatic carbocycles. The lowest BCUT2D eigenvalue weighted by molar-refractivity contribution is 0.0943. The molecule has 4 rings (SSSR count). The Kier molecular flexibility index (Phi) is 4.89. The fraction of sp³-hybridized carbons (Fsp3) is 0.409. The van der Waals surface area contributed by atoms with Crippen molar-refractivity contribution in [2.75, 3.05) is 6.54 Å². The molecule has 2 aromatic heterocycles. The third-order valence-electron chi connectivity index (χ3n) is 5.30. The van der Waals surface area contributed by atoms with Crippen LogP contribution >= 0.6 is 0 Å². The molecule has 1 N–H and O–H groups in total. The number of carbonyl (C=O) groups excluding carboxylic acids is 1. The van der Waals surface area contributed by atoms with Crippen molar-refractivity contribution in [2.24, 2.45) is 0 Å². The number of nitrogens with zero attached hydrogens (tertiary/aromatic N) is 4. The Morgan fingerprint density at radius 3 is 2.57 bits per heavy atom. The van der Waals surface area contributed by atoms with Crippen molar-refractivity contribution in [1.82, 2.24) is 24.8 Å². The fourth-order valence-electron chi connectivity index (χ4n) is 3.84. The third-order valence-corrected chi connectivity index (χ3v) is 5.30. The van der Waals surface area contributed by atoms with E-state index in [1.807, 2.05) is 48.7 Å². The van der Waals surface area contributed by atoms with Gasteiger partial charge in [-0.2, -0.15) is 5.10 Å². The Hall–Kier alpha value is -2.73. The van der Waals surface area contributed by atoms with Crippen LogP contribution in [0.25, 0.3) is 16.9 Å². The largest absolute Gasteiger partial charge is 0.350 e. The van der Waals surface area contributed by atoms with Gasteiger partial charge in [0.2, 0.25) is 0 Å². The number of amides is 1. The molecule has 0 atom stereocenters. The van der Waals surface area contributed by atoms with Crippen LogP contribution < -0.4 is 5.32 Å². The van der Waals surface area contributed by atoms with Gasteiger partial charge in [0.15, 0.2) is 5.65 Å². The lowest BCUT2D eigenvalue weighted by Gasteiger charge is -2.30. The second kappa shape index (κ2) is 7.36. The zero-order valence-electron chi connectivity index (χ0n) is 16.9. The minimum absolute atomic E-state index is 0.0636. The van der Waals surface area contributed by atoms with Crippen LogP contribution in [-0.2, 0) is 13.0 Å². The first-order valence-corrected chi connectivity index (χ1v) is 9.95. The molecular formula is C22H27N5O. The topological polar surface area (TPSA) is 62.5 Å². The van der Waals surface area contributed by atoms with E-state index in [0.29, 0.717) is 17.3 Å². The molecule has 28 heavy (non-hydrogen) atoms. The molecule has 6 nitrogen and oxygen atoms in total. The van der Waals surface area contributed by atoms with Gasteiger partial charge in [-0.1, -0.05) is 30.3 Å². The average Bonchev–Trinajstić information content (AvgIpc) is 3.01. The van der Waals surface area contributed by atoms with E-state index in [2.05, 4.69) is 24.1 Å². The summed E-state index contributed by atoms with van der Waals surface area (Å²) in [4.78, 5) is 20.3. The highest BCUT2D eigenvalue weighted by Crippen LogP contribution is 2.29. The molecule has 1 amide bonds. The predicted octanol–water partition coefficient (Wildman–Crippen LogP) is 3.30. The Bertz CT molecular complexity index is 1010. The van der Waals surface area contributed by atoms with Crippen LogP contribution in [-0.4, -0.2) is 44.0 Å². The Morgan fingerprint density at radius 2 is 1.89 bits per heavy atom. The number of rotatable bonds is 4. The van der Waals surface area contributed by atoms with Gasteiger partial charge < -0.3 is 5.32 Å². The molecule has 0 unspecified atom stereocenters. The normalized spacial score (nSPS) is 14.6. The van der Waals surface area contributed by atoms with Crippen molar-refractivity contribution in [3.8, 4) is 11.3 Å². The van der Waals surface area contributed by atoms with Gasteiger partial charge in [-0.05, 0) is 39.7 Å². The second-order valence-corrected chi connectivity index (χ2v) is 7.99. The zero-order chi connectivity index (χ0) is 19.8. The van der Waals surface area contributed by atoms with Gasteiger partial charge in [-0.25, -0.2) is 9.50 Å². The van der Waals surface area contributed by atoms with Crippen molar-refractivity contribution in [3.05, 3.63) is 53.3 Å². The van der Waals surface area contributed by atoms with Gasteiger partial charge in [0, 0.05) is 30.7 Å². The van der Waals surface area contributed by atoms with Crippen molar-refractivity contribution >= 4 is 11.6 Å². The molecule has 1 aromatic carbocycles. The van der Waals surface area contributed by atoms with Gasteiger partial charge in [0.25, 0.3) is 5.91 Å². The maximum Gasteiger partial charge on any atom is 0.255 e. The molecule has 3 heterocycles. The van der Waals surface area contributed by atoms with E-state index in [0.717, 1.165) is 42.0 Å². The summed E-state index contributed by atoms with van der Waals surface area (Å²) in [7, 11) is 0. The molecular weight excluding hydrogens is 350 g/mol. The van der Waals surface area contributed by atoms with Crippen molar-refractivity contribution in [3.63, 3.8) is 0 Å². The first kappa shape index (κ1) is 18.6. The molecule has 6 heteroatoms. The maximum atomic E-state index is 13.1. The van der Waals surface area contributed by atoms with E-state index < -0.39 is 0 Å². The van der Waals surface area contributed by atoms with E-state index in [-0.39, 0.29) is 11.9 Å². The summed E-state index contributed by atoms with van der Waals surface area (Å²) in [5.41, 5.74) is 5.27. The van der Waals surface area contributed by atoms with Crippen molar-refractivity contribution in [2.45, 2.75) is 52.7 Å². The number of carbonyl (C=O) groups is 1. The number of hydrogen-bond acceptors (Lipinski definition) is 4. The van der Waals surface area contributed by atoms with Crippen LogP contribution in [0.1, 0.15) is 49.3 Å². The van der Waals surface area contributed by atoms with Crippen LogP contribution in [0.4, 0.5) is 0 Å². The molecule has 0 saturated carbocycles. The molecule has 1 aliphatic heterocycles. The molecule has 1 aliphatic rings. The van der Waals surface area contributed by atoms with Crippen LogP contribution in [0.2, 0.25) is 0 Å². The van der Waals surface area contributed by atoms with Gasteiger partial charge in [0.1, 0.15) is 0 Å². The minimum atomic E-state index is -0.0636. The summed E-state index contributed by atoms with van der Waals surface area (Å²) in [5.74, 6) is -0.0636. The molecule has 0 radical (unpaired) electrons. The SMILES string of the molecule is CC(C)NC(=O)c1c2c(n3ncc(-c4ccccc4)nc13)CN(C(C)C)CC2. The average molecular weight is 377 g/mol. The summed E-state index contributed by atoms with van der Waals surface area (Å²) in [6.45, 7) is 10.1. The van der Waals surface area contributed by atoms with Gasteiger partial charge in [-0.15, -0.1) is 0 Å². The van der Waals surface area contributed by atoms with E-state index in [4.69, 9.17) is 10.1 Å². The summed E-state index contributed by atoms with van der Waals surface area (Å²) in [6.07, 6.45) is 2.63. The van der Waals surface area contributed by atoms with E-state index >= 15 is 0 Å². The molecule has 0 fully saturated rings. The second-order valence-electron chi connectivity index (χ2n) is 7.99. The number of benzene rings is 1. The van der Waals surface area contributed by atoms with Crippen LogP contribution in [0.15, 0.2) is 36.5 Å². The van der Waals surface area contributed by atoms with E-state index in [1.165, 1.54) is 0 Å². The summed E-state index contributed by atoms with van der Waals surface area (Å²) in [6, 6.07) is 10.5. The monoisotopic (exact) mass is 377 g/mol. The highest BCUT2D eigenvalue weighted by atomic mass is 16.1. The predicted molar refractivity (Wildman–Crippen MR) is 110 cm³/mol. The smallest absolute Gasteiger partial charge is 0.255 e. The molecule has 0 bridgehead atoms. The summed E-state index contributed by atoms with van der Waals surface area (Å²) < 4.78 is 1.87. The number of nitrogens with one attached hydrogen (secondary N) is 1. The van der Waals surface area contributed by atoms with Gasteiger partial charge in [-0.3, -0.25) is 9.69 Å². The van der Waals surface area contributed by atoms with Crippen molar-refractivity contribution < 1.29 is 4.79 Å². The van der Waals surface area contributed by atoms with Crippen molar-refractivity contribution in [1.29, 1.82) is 0 Å². The highest BCUT2D eigenvalue weighted by Gasteiger charge is 2.30. The highest BCUT2D eigenvalue weighted by molar-refractivity contribution is 6.02. The lowest BCUT2D eigenvalue weighted by Crippen LogP contribution is -2.37. The summed E-state index contributed by atoms with van der Waals surface area (Å²) in [5, 5.41) is 7.74. The standard InChI is InChI=1S/C22H27N5O/c1-14(2)24-22(28)20-17-10-11-26(15(3)4)13-19(17)27-21(20)25-18(12-23-27)16-8-6-5-7-9-16/h5-9,12,14-15H,10-11,13H2,1-4H3,(H,24,28). The Balaban J connectivity index is 1.89. The lowest BCUT2D eigenvalue weighted by atomic mass is 10.0. The quantitative estimate of drug-likeness (QED) is 0.758. The third kappa shape index (κ3) is 3.29. The number of aromatic nitrogens is 3. The van der Waals surface area contributed by atoms with Crippen LogP contribution in [0, 0.1) is 0 Å². The van der Waals surface area contributed by atoms with E-state index in [9.17, 15) is 4.79 Å². The minimum Gasteiger partial charge on any atom is -0.350 e. The van der Waals surface area contributed by atoms with Gasteiger partial charge in [0.05, 0.1) is 23.1 Å². The first-order valence-electron chi connectivity index (χ1n) is 9.95. The zero-order valence-corrected chi connectivity index (χ0v) is 16.9. The molecule has 0 spiro atoms. The van der Waals surface area contributed by atoms with Crippen LogP contribution in [0.3, 0.4) is 0 Å². The summed E-state index contributed by atoms with van der Waals surface area (Å²) >= 11 is 0. The van der Waals surface area contributed by atoms with Gasteiger partial charge >= 0.3 is 0 Å². The first-order chi connectivity index (χ1) is 13.5. The number of hydrogen-bond donors (Lipinski definition) is 1. The maximum absolute atomic E-state index is 13.1. The van der Waals surface area contributed by atoms with Crippen LogP contribution in [0.5, 0.6) is 0 Å². The Labute approximate surface area is 165 Å². The number of fused-ring (bicyclic) bond motifs is 3. The Morgan fingerprint density at radius 1 is 1.14 bits per heavy atom. The molecule has 0 saturated heterocycles. The fourth-order valence-corrected chi connectivity index (χ4v) is 3.84. The molecule has 146 valence electrons. The van der Waals surface area contributed by atoms with E-state index in [1.54, 1.807) is 6.20 Å². The molecule has 3 aromatic rings.